The number of anilines is 1. The Labute approximate surface area is 159 Å². The van der Waals surface area contributed by atoms with Gasteiger partial charge >= 0.3 is 0 Å². The molecule has 0 aromatic heterocycles. The van der Waals surface area contributed by atoms with Gasteiger partial charge in [-0.25, -0.2) is 0 Å². The molecule has 1 aromatic rings. The van der Waals surface area contributed by atoms with Crippen LogP contribution in [0, 0.1) is 5.92 Å². The molecule has 3 heterocycles. The summed E-state index contributed by atoms with van der Waals surface area (Å²) in [7, 11) is 0. The molecule has 0 radical (unpaired) electrons. The summed E-state index contributed by atoms with van der Waals surface area (Å²) in [4.78, 5) is 14.8. The molecule has 7 heteroatoms. The summed E-state index contributed by atoms with van der Waals surface area (Å²) in [5, 5.41) is 13.7. The van der Waals surface area contributed by atoms with Crippen LogP contribution in [0.15, 0.2) is 18.2 Å². The number of nitrogens with one attached hydrogen (secondary N) is 1. The number of nitrogens with zero attached hydrogens (tertiary/aromatic N) is 1. The van der Waals surface area contributed by atoms with Crippen molar-refractivity contribution in [1.82, 2.24) is 4.90 Å². The molecule has 2 saturated heterocycles. The summed E-state index contributed by atoms with van der Waals surface area (Å²) in [5.41, 5.74) is -0.0364. The average Bonchev–Trinajstić information content (AvgIpc) is 3.08. The Morgan fingerprint density at radius 3 is 2.93 bits per heavy atom. The molecule has 4 rings (SSSR count). The molecule has 2 N–H and O–H groups in total. The van der Waals surface area contributed by atoms with Crippen LogP contribution in [0.2, 0.25) is 0 Å². The van der Waals surface area contributed by atoms with Gasteiger partial charge in [-0.05, 0) is 44.9 Å². The van der Waals surface area contributed by atoms with Crippen molar-refractivity contribution >= 4 is 11.6 Å². The minimum Gasteiger partial charge on any atom is -0.486 e. The van der Waals surface area contributed by atoms with Crippen molar-refractivity contribution in [3.05, 3.63) is 18.2 Å². The molecule has 0 saturated carbocycles. The molecule has 3 atom stereocenters. The van der Waals surface area contributed by atoms with Crippen LogP contribution in [0.3, 0.4) is 0 Å². The van der Waals surface area contributed by atoms with Crippen molar-refractivity contribution in [2.45, 2.75) is 37.8 Å². The van der Waals surface area contributed by atoms with Crippen molar-refractivity contribution in [2.24, 2.45) is 5.92 Å². The summed E-state index contributed by atoms with van der Waals surface area (Å²) in [6, 6.07) is 5.62. The highest BCUT2D eigenvalue weighted by atomic mass is 16.6. The van der Waals surface area contributed by atoms with E-state index in [-0.39, 0.29) is 17.9 Å². The van der Waals surface area contributed by atoms with E-state index >= 15 is 0 Å². The monoisotopic (exact) mass is 376 g/mol. The third kappa shape index (κ3) is 4.05. The molecule has 0 aliphatic carbocycles. The maximum Gasteiger partial charge on any atom is 0.238 e. The molecule has 0 bridgehead atoms. The molecule has 1 amide bonds. The van der Waals surface area contributed by atoms with Crippen molar-refractivity contribution in [1.29, 1.82) is 0 Å². The van der Waals surface area contributed by atoms with Crippen molar-refractivity contribution in [3.63, 3.8) is 0 Å². The number of fused-ring (bicyclic) bond motifs is 1. The lowest BCUT2D eigenvalue weighted by molar-refractivity contribution is -0.129. The van der Waals surface area contributed by atoms with E-state index in [0.29, 0.717) is 56.6 Å². The van der Waals surface area contributed by atoms with Gasteiger partial charge in [-0.1, -0.05) is 0 Å². The topological polar surface area (TPSA) is 80.3 Å². The minimum atomic E-state index is -0.738. The number of carbonyl (C=O) groups is 1. The predicted octanol–water partition coefficient (Wildman–Crippen LogP) is 1.65. The second-order valence-electron chi connectivity index (χ2n) is 7.88. The van der Waals surface area contributed by atoms with E-state index in [1.807, 2.05) is 19.1 Å². The van der Waals surface area contributed by atoms with Gasteiger partial charge in [-0.15, -0.1) is 0 Å². The average molecular weight is 376 g/mol. The molecule has 2 fully saturated rings. The molecule has 3 aliphatic rings. The standard InChI is InChI=1S/C20H28N2O5/c1-20(24)6-8-25-13-15(20)16-3-2-7-22(16)12-19(23)21-14-4-5-17-18(11-14)27-10-9-26-17/h4-5,11,15-16,24H,2-3,6-10,12-13H2,1H3,(H,21,23)/t15-,16+,20-/m0/s1. The number of likely N-dealkylation sites (tertiary alicyclic amines) is 1. The second-order valence-corrected chi connectivity index (χ2v) is 7.88. The van der Waals surface area contributed by atoms with Crippen LogP contribution in [-0.2, 0) is 9.53 Å². The summed E-state index contributed by atoms with van der Waals surface area (Å²) in [6.07, 6.45) is 2.67. The Bertz CT molecular complexity index is 693. The number of hydrogen-bond acceptors (Lipinski definition) is 6. The van der Waals surface area contributed by atoms with Gasteiger partial charge in [0.1, 0.15) is 13.2 Å². The first-order chi connectivity index (χ1) is 13.0. The van der Waals surface area contributed by atoms with Gasteiger partial charge in [0, 0.05) is 30.3 Å². The predicted molar refractivity (Wildman–Crippen MR) is 100 cm³/mol. The Balaban J connectivity index is 1.38. The highest BCUT2D eigenvalue weighted by Gasteiger charge is 2.44. The zero-order valence-electron chi connectivity index (χ0n) is 15.8. The number of rotatable bonds is 4. The largest absolute Gasteiger partial charge is 0.486 e. The van der Waals surface area contributed by atoms with Gasteiger partial charge in [0.15, 0.2) is 11.5 Å². The molecule has 7 nitrogen and oxygen atoms in total. The van der Waals surface area contributed by atoms with Gasteiger partial charge in [-0.3, -0.25) is 9.69 Å². The van der Waals surface area contributed by atoms with Crippen molar-refractivity contribution in [2.75, 3.05) is 44.8 Å². The van der Waals surface area contributed by atoms with Crippen LogP contribution in [0.1, 0.15) is 26.2 Å². The van der Waals surface area contributed by atoms with Crippen LogP contribution in [-0.4, -0.2) is 67.1 Å². The maximum absolute atomic E-state index is 12.6. The zero-order chi connectivity index (χ0) is 18.9. The SMILES string of the molecule is C[C@]1(O)CCOC[C@H]1[C@H]1CCCN1CC(=O)Nc1ccc2c(c1)OCCO2. The molecule has 0 spiro atoms. The molecule has 0 unspecified atom stereocenters. The number of carbonyl (C=O) groups excluding carboxylic acids is 1. The quantitative estimate of drug-likeness (QED) is 0.832. The molecular formula is C20H28N2O5. The second kappa shape index (κ2) is 7.66. The number of amides is 1. The lowest BCUT2D eigenvalue weighted by atomic mass is 9.79. The van der Waals surface area contributed by atoms with E-state index in [1.165, 1.54) is 0 Å². The third-order valence-corrected chi connectivity index (χ3v) is 5.90. The van der Waals surface area contributed by atoms with Gasteiger partial charge in [0.2, 0.25) is 5.91 Å². The van der Waals surface area contributed by atoms with Crippen LogP contribution in [0.25, 0.3) is 0 Å². The number of ether oxygens (including phenoxy) is 3. The van der Waals surface area contributed by atoms with E-state index in [4.69, 9.17) is 14.2 Å². The van der Waals surface area contributed by atoms with Crippen LogP contribution >= 0.6 is 0 Å². The van der Waals surface area contributed by atoms with Crippen molar-refractivity contribution in [3.8, 4) is 11.5 Å². The summed E-state index contributed by atoms with van der Waals surface area (Å²) < 4.78 is 16.7. The summed E-state index contributed by atoms with van der Waals surface area (Å²) in [6.45, 7) is 5.29. The van der Waals surface area contributed by atoms with Gasteiger partial charge in [-0.2, -0.15) is 0 Å². The van der Waals surface area contributed by atoms with E-state index in [9.17, 15) is 9.90 Å². The Kier molecular flexibility index (Phi) is 5.25. The molecule has 27 heavy (non-hydrogen) atoms. The Morgan fingerprint density at radius 2 is 2.11 bits per heavy atom. The fourth-order valence-electron chi connectivity index (χ4n) is 4.39. The fraction of sp³-hybridized carbons (Fsp3) is 0.650. The van der Waals surface area contributed by atoms with Crippen LogP contribution in [0.5, 0.6) is 11.5 Å². The van der Waals surface area contributed by atoms with E-state index in [0.717, 1.165) is 19.4 Å². The van der Waals surface area contributed by atoms with E-state index in [2.05, 4.69) is 10.2 Å². The van der Waals surface area contributed by atoms with E-state index < -0.39 is 5.60 Å². The van der Waals surface area contributed by atoms with E-state index in [1.54, 1.807) is 6.07 Å². The molecule has 1 aromatic carbocycles. The maximum atomic E-state index is 12.6. The highest BCUT2D eigenvalue weighted by Crippen LogP contribution is 2.36. The Hall–Kier alpha value is -1.83. The summed E-state index contributed by atoms with van der Waals surface area (Å²) >= 11 is 0. The third-order valence-electron chi connectivity index (χ3n) is 5.90. The molecule has 3 aliphatic heterocycles. The van der Waals surface area contributed by atoms with Crippen molar-refractivity contribution < 1.29 is 24.1 Å². The lowest BCUT2D eigenvalue weighted by Crippen LogP contribution is -2.53. The van der Waals surface area contributed by atoms with Crippen LogP contribution in [0.4, 0.5) is 5.69 Å². The highest BCUT2D eigenvalue weighted by molar-refractivity contribution is 5.92. The molecular weight excluding hydrogens is 348 g/mol. The first kappa shape index (κ1) is 18.5. The summed E-state index contributed by atoms with van der Waals surface area (Å²) in [5.74, 6) is 1.35. The fourth-order valence-corrected chi connectivity index (χ4v) is 4.39. The first-order valence-corrected chi connectivity index (χ1v) is 9.76. The first-order valence-electron chi connectivity index (χ1n) is 9.76. The lowest BCUT2D eigenvalue weighted by Gasteiger charge is -2.43. The van der Waals surface area contributed by atoms with Gasteiger partial charge in [0.05, 0.1) is 18.8 Å². The normalized spacial score (nSPS) is 30.9. The number of hydrogen-bond donors (Lipinski definition) is 2. The number of aliphatic hydroxyl groups is 1. The smallest absolute Gasteiger partial charge is 0.238 e. The van der Waals surface area contributed by atoms with Crippen LogP contribution < -0.4 is 14.8 Å². The number of benzene rings is 1. The van der Waals surface area contributed by atoms with Gasteiger partial charge < -0.3 is 24.6 Å². The molecule has 148 valence electrons. The zero-order valence-corrected chi connectivity index (χ0v) is 15.8. The van der Waals surface area contributed by atoms with Gasteiger partial charge in [0.25, 0.3) is 0 Å². The minimum absolute atomic E-state index is 0.0378. The Morgan fingerprint density at radius 1 is 1.30 bits per heavy atom.